The summed E-state index contributed by atoms with van der Waals surface area (Å²) in [4.78, 5) is 12.0. The lowest BCUT2D eigenvalue weighted by molar-refractivity contribution is -0.117. The summed E-state index contributed by atoms with van der Waals surface area (Å²) in [6, 6.07) is 11.8. The van der Waals surface area contributed by atoms with Crippen LogP contribution in [0.5, 0.6) is 0 Å². The minimum Gasteiger partial charge on any atom is -0.322 e. The predicted octanol–water partition coefficient (Wildman–Crippen LogP) is 2.58. The molecule has 0 aliphatic heterocycles. The van der Waals surface area contributed by atoms with Crippen LogP contribution in [0.25, 0.3) is 0 Å². The fraction of sp³-hybridized carbons (Fsp3) is 0.235. The summed E-state index contributed by atoms with van der Waals surface area (Å²) in [6.45, 7) is 3.28. The SMILES string of the molecule is Cc1cccc(CS(=O)(=O)NC(C)C(=O)Nc2ccccc2F)c1. The zero-order valence-corrected chi connectivity index (χ0v) is 14.2. The number of halogens is 1. The van der Waals surface area contributed by atoms with Crippen LogP contribution in [-0.2, 0) is 20.6 Å². The molecule has 5 nitrogen and oxygen atoms in total. The molecule has 0 aliphatic rings. The van der Waals surface area contributed by atoms with E-state index >= 15 is 0 Å². The number of carbonyl (C=O) groups excluding carboxylic acids is 1. The molecular formula is C17H19FN2O3S. The molecule has 2 rings (SSSR count). The molecule has 0 aromatic heterocycles. The molecule has 0 heterocycles. The van der Waals surface area contributed by atoms with E-state index < -0.39 is 27.8 Å². The van der Waals surface area contributed by atoms with Crippen molar-refractivity contribution in [2.45, 2.75) is 25.6 Å². The number of rotatable bonds is 6. The zero-order chi connectivity index (χ0) is 17.7. The van der Waals surface area contributed by atoms with Gasteiger partial charge in [-0.15, -0.1) is 0 Å². The maximum Gasteiger partial charge on any atom is 0.242 e. The second-order valence-corrected chi connectivity index (χ2v) is 7.31. The molecule has 0 fully saturated rings. The molecule has 1 atom stereocenters. The van der Waals surface area contributed by atoms with Crippen LogP contribution < -0.4 is 10.0 Å². The standard InChI is InChI=1S/C17H19FN2O3S/c1-12-6-5-7-14(10-12)11-24(22,23)20-13(2)17(21)19-16-9-4-3-8-15(16)18/h3-10,13,20H,11H2,1-2H3,(H,19,21). The molecule has 1 unspecified atom stereocenters. The molecule has 0 radical (unpaired) electrons. The summed E-state index contributed by atoms with van der Waals surface area (Å²) in [5, 5.41) is 2.36. The van der Waals surface area contributed by atoms with E-state index in [2.05, 4.69) is 10.0 Å². The maximum atomic E-state index is 13.5. The van der Waals surface area contributed by atoms with E-state index in [0.29, 0.717) is 5.56 Å². The molecule has 2 N–H and O–H groups in total. The van der Waals surface area contributed by atoms with Crippen molar-refractivity contribution in [1.29, 1.82) is 0 Å². The first-order chi connectivity index (χ1) is 11.3. The minimum absolute atomic E-state index is 0.00670. The lowest BCUT2D eigenvalue weighted by atomic mass is 10.2. The number of sulfonamides is 1. The molecular weight excluding hydrogens is 331 g/mol. The Morgan fingerprint density at radius 3 is 2.54 bits per heavy atom. The van der Waals surface area contributed by atoms with Gasteiger partial charge in [-0.05, 0) is 31.5 Å². The van der Waals surface area contributed by atoms with Crippen molar-refractivity contribution in [3.05, 3.63) is 65.5 Å². The lowest BCUT2D eigenvalue weighted by Gasteiger charge is -2.15. The highest BCUT2D eigenvalue weighted by Crippen LogP contribution is 2.13. The van der Waals surface area contributed by atoms with E-state index in [1.165, 1.54) is 25.1 Å². The third-order valence-corrected chi connectivity index (χ3v) is 4.75. The Hall–Kier alpha value is -2.25. The number of hydrogen-bond donors (Lipinski definition) is 2. The summed E-state index contributed by atoms with van der Waals surface area (Å²) in [5.74, 6) is -1.44. The minimum atomic E-state index is -3.70. The van der Waals surface area contributed by atoms with E-state index in [1.54, 1.807) is 24.3 Å². The normalized spacial score (nSPS) is 12.6. The number of hydrogen-bond acceptors (Lipinski definition) is 3. The number of carbonyl (C=O) groups is 1. The quantitative estimate of drug-likeness (QED) is 0.841. The van der Waals surface area contributed by atoms with Crippen molar-refractivity contribution in [3.63, 3.8) is 0 Å². The van der Waals surface area contributed by atoms with Crippen LogP contribution in [0.1, 0.15) is 18.1 Å². The van der Waals surface area contributed by atoms with E-state index in [-0.39, 0.29) is 11.4 Å². The van der Waals surface area contributed by atoms with Gasteiger partial charge in [0, 0.05) is 0 Å². The van der Waals surface area contributed by atoms with E-state index in [0.717, 1.165) is 5.56 Å². The Morgan fingerprint density at radius 2 is 1.88 bits per heavy atom. The third kappa shape index (κ3) is 5.14. The molecule has 2 aromatic carbocycles. The van der Waals surface area contributed by atoms with Crippen LogP contribution in [0.3, 0.4) is 0 Å². The molecule has 1 amide bonds. The fourth-order valence-corrected chi connectivity index (χ4v) is 3.54. The van der Waals surface area contributed by atoms with Gasteiger partial charge in [0.2, 0.25) is 15.9 Å². The van der Waals surface area contributed by atoms with Gasteiger partial charge in [-0.3, -0.25) is 4.79 Å². The van der Waals surface area contributed by atoms with Gasteiger partial charge in [-0.25, -0.2) is 17.5 Å². The van der Waals surface area contributed by atoms with Gasteiger partial charge >= 0.3 is 0 Å². The Bertz CT molecular complexity index is 837. The Balaban J connectivity index is 2.01. The Kier molecular flexibility index (Phi) is 5.69. The largest absolute Gasteiger partial charge is 0.322 e. The van der Waals surface area contributed by atoms with E-state index in [4.69, 9.17) is 0 Å². The predicted molar refractivity (Wildman–Crippen MR) is 91.4 cm³/mol. The summed E-state index contributed by atoms with van der Waals surface area (Å²) in [6.07, 6.45) is 0. The van der Waals surface area contributed by atoms with Gasteiger partial charge in [-0.1, -0.05) is 42.0 Å². The first-order valence-electron chi connectivity index (χ1n) is 7.38. The smallest absolute Gasteiger partial charge is 0.242 e. The molecule has 0 spiro atoms. The number of anilines is 1. The van der Waals surface area contributed by atoms with Crippen molar-refractivity contribution < 1.29 is 17.6 Å². The van der Waals surface area contributed by atoms with Crippen LogP contribution in [0, 0.1) is 12.7 Å². The molecule has 128 valence electrons. The molecule has 2 aromatic rings. The van der Waals surface area contributed by atoms with Crippen LogP contribution in [0.15, 0.2) is 48.5 Å². The van der Waals surface area contributed by atoms with Crippen molar-refractivity contribution in [2.24, 2.45) is 0 Å². The van der Waals surface area contributed by atoms with E-state index in [1.807, 2.05) is 13.0 Å². The monoisotopic (exact) mass is 350 g/mol. The fourth-order valence-electron chi connectivity index (χ4n) is 2.19. The second kappa shape index (κ2) is 7.55. The van der Waals surface area contributed by atoms with Crippen LogP contribution in [0.2, 0.25) is 0 Å². The number of nitrogens with one attached hydrogen (secondary N) is 2. The molecule has 0 aliphatic carbocycles. The van der Waals surface area contributed by atoms with Crippen LogP contribution in [0.4, 0.5) is 10.1 Å². The highest BCUT2D eigenvalue weighted by atomic mass is 32.2. The number of benzene rings is 2. The first kappa shape index (κ1) is 18.1. The van der Waals surface area contributed by atoms with Crippen LogP contribution >= 0.6 is 0 Å². The highest BCUT2D eigenvalue weighted by Gasteiger charge is 2.21. The van der Waals surface area contributed by atoms with Crippen molar-refractivity contribution in [2.75, 3.05) is 5.32 Å². The second-order valence-electron chi connectivity index (χ2n) is 5.56. The summed E-state index contributed by atoms with van der Waals surface area (Å²) < 4.78 is 40.2. The summed E-state index contributed by atoms with van der Waals surface area (Å²) in [7, 11) is -3.70. The summed E-state index contributed by atoms with van der Waals surface area (Å²) >= 11 is 0. The van der Waals surface area contributed by atoms with Crippen molar-refractivity contribution in [1.82, 2.24) is 4.72 Å². The molecule has 7 heteroatoms. The molecule has 0 saturated carbocycles. The molecule has 0 saturated heterocycles. The average molecular weight is 350 g/mol. The van der Waals surface area contributed by atoms with E-state index in [9.17, 15) is 17.6 Å². The van der Waals surface area contributed by atoms with Gasteiger partial charge in [0.05, 0.1) is 17.5 Å². The van der Waals surface area contributed by atoms with Gasteiger partial charge in [0.25, 0.3) is 0 Å². The van der Waals surface area contributed by atoms with Crippen LogP contribution in [-0.4, -0.2) is 20.4 Å². The first-order valence-corrected chi connectivity index (χ1v) is 9.03. The summed E-state index contributed by atoms with van der Waals surface area (Å²) in [5.41, 5.74) is 1.59. The van der Waals surface area contributed by atoms with Crippen molar-refractivity contribution in [3.8, 4) is 0 Å². The average Bonchev–Trinajstić information content (AvgIpc) is 2.48. The van der Waals surface area contributed by atoms with Crippen molar-refractivity contribution >= 4 is 21.6 Å². The maximum absolute atomic E-state index is 13.5. The lowest BCUT2D eigenvalue weighted by Crippen LogP contribution is -2.42. The number of amides is 1. The van der Waals surface area contributed by atoms with Gasteiger partial charge in [0.15, 0.2) is 0 Å². The number of aryl methyl sites for hydroxylation is 1. The topological polar surface area (TPSA) is 75.3 Å². The van der Waals surface area contributed by atoms with Gasteiger partial charge < -0.3 is 5.32 Å². The highest BCUT2D eigenvalue weighted by molar-refractivity contribution is 7.88. The Morgan fingerprint density at radius 1 is 1.17 bits per heavy atom. The third-order valence-electron chi connectivity index (χ3n) is 3.32. The zero-order valence-electron chi connectivity index (χ0n) is 13.4. The molecule has 24 heavy (non-hydrogen) atoms. The number of para-hydroxylation sites is 1. The van der Waals surface area contributed by atoms with Gasteiger partial charge in [-0.2, -0.15) is 0 Å². The molecule has 0 bridgehead atoms. The Labute approximate surface area is 141 Å². The van der Waals surface area contributed by atoms with Gasteiger partial charge in [0.1, 0.15) is 5.82 Å².